The Kier molecular flexibility index (Phi) is 7.17. The molecule has 0 aromatic heterocycles. The summed E-state index contributed by atoms with van der Waals surface area (Å²) in [5.41, 5.74) is -5.88. The summed E-state index contributed by atoms with van der Waals surface area (Å²) in [4.78, 5) is 14.4. The fraction of sp³-hybridized carbons (Fsp3) is 0.718. The second kappa shape index (κ2) is 10.4. The summed E-state index contributed by atoms with van der Waals surface area (Å²) in [6, 6.07) is 3.98. The molecular weight excluding hydrogens is 628 g/mol. The van der Waals surface area contributed by atoms with Crippen LogP contribution in [-0.4, -0.2) is 94.5 Å². The van der Waals surface area contributed by atoms with E-state index in [-0.39, 0.29) is 66.3 Å². The standard InChI is InChI=1S/C39H52O10/c1-19-33(46)39(21-5-8-34(19,2)9-6-21)37(47,11-12-40)32-28(49-39)18-38(48)25-16-26(43)30-29(20-13-22(41)15-23(42)14-20)31(45)27(44)17-35(30,3)24(25)7-10-36(32,38)4/h5,8,13-16,19,21,24,27-33,40-42,44-48H,6-7,9-12,17-18H2,1-4H3. The van der Waals surface area contributed by atoms with Crippen molar-refractivity contribution in [2.75, 3.05) is 6.61 Å². The molecule has 7 aliphatic carbocycles. The molecule has 1 aromatic rings. The summed E-state index contributed by atoms with van der Waals surface area (Å²) in [5, 5.41) is 92.1. The Bertz CT molecular complexity index is 1620. The average molecular weight is 681 g/mol. The molecule has 5 fully saturated rings. The number of hydrogen-bond acceptors (Lipinski definition) is 10. The first-order valence-electron chi connectivity index (χ1n) is 18.2. The number of carbonyl (C=O) groups is 1. The Morgan fingerprint density at radius 2 is 1.65 bits per heavy atom. The predicted molar refractivity (Wildman–Crippen MR) is 177 cm³/mol. The van der Waals surface area contributed by atoms with E-state index in [0.717, 1.165) is 12.8 Å². The maximum atomic E-state index is 14.4. The number of phenolic OH excluding ortho intramolecular Hbond substituents is 2. The average Bonchev–Trinajstić information content (AvgIpc) is 3.36. The number of hydrogen-bond donors (Lipinski definition) is 8. The van der Waals surface area contributed by atoms with Crippen LogP contribution in [0, 0.1) is 45.8 Å². The third-order valence-corrected chi connectivity index (χ3v) is 15.7. The summed E-state index contributed by atoms with van der Waals surface area (Å²) >= 11 is 0. The summed E-state index contributed by atoms with van der Waals surface area (Å²) in [7, 11) is 0. The summed E-state index contributed by atoms with van der Waals surface area (Å²) in [5.74, 6) is -3.98. The number of ketones is 1. The molecule has 1 spiro atoms. The third kappa shape index (κ3) is 3.94. The molecule has 4 saturated carbocycles. The number of benzene rings is 1. The van der Waals surface area contributed by atoms with Crippen molar-refractivity contribution in [3.8, 4) is 11.5 Å². The van der Waals surface area contributed by atoms with Crippen LogP contribution in [0.4, 0.5) is 0 Å². The van der Waals surface area contributed by atoms with Crippen LogP contribution < -0.4 is 0 Å². The highest BCUT2D eigenvalue weighted by Crippen LogP contribution is 2.74. The molecular formula is C39H52O10. The number of aromatic hydroxyl groups is 2. The normalized spacial score (nSPS) is 54.2. The number of phenols is 2. The van der Waals surface area contributed by atoms with Crippen molar-refractivity contribution < 1.29 is 50.4 Å². The number of carbonyl (C=O) groups excluding carboxylic acids is 1. The lowest BCUT2D eigenvalue weighted by molar-refractivity contribution is -0.244. The lowest BCUT2D eigenvalue weighted by Gasteiger charge is -2.62. The molecule has 0 radical (unpaired) electrons. The van der Waals surface area contributed by atoms with Gasteiger partial charge in [-0.3, -0.25) is 4.79 Å². The molecule has 1 aromatic carbocycles. The van der Waals surface area contributed by atoms with Crippen molar-refractivity contribution in [1.29, 1.82) is 0 Å². The minimum Gasteiger partial charge on any atom is -0.508 e. The molecule has 49 heavy (non-hydrogen) atoms. The topological polar surface area (TPSA) is 188 Å². The molecule has 2 bridgehead atoms. The van der Waals surface area contributed by atoms with Crippen molar-refractivity contribution in [2.45, 2.75) is 120 Å². The first kappa shape index (κ1) is 33.8. The van der Waals surface area contributed by atoms with Gasteiger partial charge in [0.1, 0.15) is 22.7 Å². The number of fused-ring (bicyclic) bond motifs is 9. The highest BCUT2D eigenvalue weighted by atomic mass is 16.6. The second-order valence-corrected chi connectivity index (χ2v) is 17.7. The van der Waals surface area contributed by atoms with Crippen LogP contribution in [0.2, 0.25) is 0 Å². The Labute approximate surface area is 287 Å². The van der Waals surface area contributed by atoms with Gasteiger partial charge in [-0.1, -0.05) is 39.8 Å². The Morgan fingerprint density at radius 3 is 2.29 bits per heavy atom. The minimum absolute atomic E-state index is 0.0333. The summed E-state index contributed by atoms with van der Waals surface area (Å²) in [6.07, 6.45) is 4.27. The van der Waals surface area contributed by atoms with Crippen LogP contribution in [0.15, 0.2) is 42.0 Å². The number of aliphatic hydroxyl groups excluding tert-OH is 4. The second-order valence-electron chi connectivity index (χ2n) is 17.7. The Morgan fingerprint density at radius 1 is 0.959 bits per heavy atom. The van der Waals surface area contributed by atoms with E-state index >= 15 is 0 Å². The van der Waals surface area contributed by atoms with E-state index < -0.39 is 69.8 Å². The van der Waals surface area contributed by atoms with Gasteiger partial charge in [-0.15, -0.1) is 0 Å². The SMILES string of the molecule is CC1C(O)C2(OC3CC4(O)C5=CC(=O)C6C(c7cc(O)cc(O)c7)C(O)C(O)CC6(C)C5CCC4(C)C3C2(O)CCO)C2C=CC1(C)CC2. The maximum Gasteiger partial charge on any atom is 0.160 e. The van der Waals surface area contributed by atoms with Crippen molar-refractivity contribution in [3.05, 3.63) is 47.6 Å². The quantitative estimate of drug-likeness (QED) is 0.221. The molecule has 16 unspecified atom stereocenters. The highest BCUT2D eigenvalue weighted by molar-refractivity contribution is 5.96. The van der Waals surface area contributed by atoms with Gasteiger partial charge < -0.3 is 45.6 Å². The summed E-state index contributed by atoms with van der Waals surface area (Å²) in [6.45, 7) is 7.69. The Hall–Kier alpha value is -2.31. The van der Waals surface area contributed by atoms with E-state index in [1.165, 1.54) is 24.3 Å². The molecule has 1 saturated heterocycles. The van der Waals surface area contributed by atoms with Gasteiger partial charge >= 0.3 is 0 Å². The van der Waals surface area contributed by atoms with Crippen LogP contribution in [0.5, 0.6) is 11.5 Å². The van der Waals surface area contributed by atoms with Gasteiger partial charge in [-0.2, -0.15) is 0 Å². The fourth-order valence-corrected chi connectivity index (χ4v) is 13.2. The number of allylic oxidation sites excluding steroid dienone is 2. The van der Waals surface area contributed by atoms with E-state index in [4.69, 9.17) is 4.74 Å². The first-order valence-corrected chi connectivity index (χ1v) is 18.2. The predicted octanol–water partition coefficient (Wildman–Crippen LogP) is 2.84. The molecule has 8 aliphatic rings. The van der Waals surface area contributed by atoms with Gasteiger partial charge in [-0.05, 0) is 84.1 Å². The molecule has 1 aliphatic heterocycles. The highest BCUT2D eigenvalue weighted by Gasteiger charge is 2.81. The zero-order chi connectivity index (χ0) is 35.3. The van der Waals surface area contributed by atoms with Crippen LogP contribution in [0.1, 0.15) is 84.1 Å². The van der Waals surface area contributed by atoms with Gasteiger partial charge in [0.2, 0.25) is 0 Å². The van der Waals surface area contributed by atoms with E-state index in [2.05, 4.69) is 19.1 Å². The molecule has 9 rings (SSSR count). The molecule has 10 nitrogen and oxygen atoms in total. The molecule has 0 amide bonds. The smallest absolute Gasteiger partial charge is 0.160 e. The van der Waals surface area contributed by atoms with Gasteiger partial charge in [0.15, 0.2) is 5.78 Å². The number of ether oxygens (including phenoxy) is 1. The monoisotopic (exact) mass is 680 g/mol. The van der Waals surface area contributed by atoms with Gasteiger partial charge in [0.05, 0.1) is 30.0 Å². The molecule has 10 heteroatoms. The fourth-order valence-electron chi connectivity index (χ4n) is 13.2. The zero-order valence-corrected chi connectivity index (χ0v) is 28.8. The van der Waals surface area contributed by atoms with Crippen LogP contribution in [0.3, 0.4) is 0 Å². The molecule has 268 valence electrons. The Balaban J connectivity index is 1.23. The van der Waals surface area contributed by atoms with Crippen LogP contribution in [0.25, 0.3) is 0 Å². The summed E-state index contributed by atoms with van der Waals surface area (Å²) < 4.78 is 7.05. The van der Waals surface area contributed by atoms with Gasteiger partial charge in [0, 0.05) is 54.6 Å². The van der Waals surface area contributed by atoms with Crippen molar-refractivity contribution in [3.63, 3.8) is 0 Å². The number of aliphatic hydroxyl groups is 6. The van der Waals surface area contributed by atoms with Crippen LogP contribution in [-0.2, 0) is 9.53 Å². The van der Waals surface area contributed by atoms with E-state index in [1.807, 2.05) is 20.8 Å². The minimum atomic E-state index is -1.68. The van der Waals surface area contributed by atoms with E-state index in [0.29, 0.717) is 24.0 Å². The molecule has 16 atom stereocenters. The van der Waals surface area contributed by atoms with Crippen molar-refractivity contribution in [2.24, 2.45) is 45.8 Å². The van der Waals surface area contributed by atoms with Gasteiger partial charge in [-0.25, -0.2) is 0 Å². The molecule has 1 heterocycles. The maximum absolute atomic E-state index is 14.4. The van der Waals surface area contributed by atoms with E-state index in [1.54, 1.807) is 0 Å². The number of rotatable bonds is 3. The first-order chi connectivity index (χ1) is 22.9. The molecule has 8 N–H and O–H groups in total. The largest absolute Gasteiger partial charge is 0.508 e. The third-order valence-electron chi connectivity index (χ3n) is 15.7. The lowest BCUT2D eigenvalue weighted by Crippen LogP contribution is -2.69. The lowest BCUT2D eigenvalue weighted by atomic mass is 9.43. The van der Waals surface area contributed by atoms with Crippen molar-refractivity contribution >= 4 is 5.78 Å². The van der Waals surface area contributed by atoms with Gasteiger partial charge in [0.25, 0.3) is 0 Å². The van der Waals surface area contributed by atoms with E-state index in [9.17, 15) is 45.6 Å². The van der Waals surface area contributed by atoms with Crippen LogP contribution >= 0.6 is 0 Å². The zero-order valence-electron chi connectivity index (χ0n) is 28.8. The van der Waals surface area contributed by atoms with Crippen molar-refractivity contribution in [1.82, 2.24) is 0 Å².